The van der Waals surface area contributed by atoms with Crippen molar-refractivity contribution in [3.63, 3.8) is 0 Å². The monoisotopic (exact) mass is 208 g/mol. The van der Waals surface area contributed by atoms with Gasteiger partial charge in [0.15, 0.2) is 0 Å². The summed E-state index contributed by atoms with van der Waals surface area (Å²) in [4.78, 5) is 2.36. The average Bonchev–Trinajstić information content (AvgIpc) is 3.02. The molecule has 2 fully saturated rings. The molecule has 1 saturated carbocycles. The lowest BCUT2D eigenvalue weighted by Gasteiger charge is -2.25. The summed E-state index contributed by atoms with van der Waals surface area (Å²) in [6.45, 7) is 4.59. The molecule has 4 heteroatoms. The number of aromatic nitrogens is 1. The number of morpholine rings is 1. The highest BCUT2D eigenvalue weighted by Gasteiger charge is 2.28. The van der Waals surface area contributed by atoms with E-state index >= 15 is 0 Å². The lowest BCUT2D eigenvalue weighted by atomic mass is 10.2. The number of hydrogen-bond acceptors (Lipinski definition) is 4. The van der Waals surface area contributed by atoms with Gasteiger partial charge in [0.05, 0.1) is 18.9 Å². The molecule has 1 aliphatic carbocycles. The maximum absolute atomic E-state index is 5.32. The lowest BCUT2D eigenvalue weighted by molar-refractivity contribution is 0.0332. The molecule has 0 radical (unpaired) electrons. The van der Waals surface area contributed by atoms with E-state index in [1.807, 2.05) is 0 Å². The molecule has 2 aliphatic rings. The van der Waals surface area contributed by atoms with Gasteiger partial charge >= 0.3 is 0 Å². The van der Waals surface area contributed by atoms with Gasteiger partial charge in [-0.3, -0.25) is 4.90 Å². The Bertz CT molecular complexity index is 327. The molecule has 1 saturated heterocycles. The molecule has 1 aromatic heterocycles. The molecular weight excluding hydrogens is 192 g/mol. The molecule has 15 heavy (non-hydrogen) atoms. The smallest absolute Gasteiger partial charge is 0.140 e. The molecule has 2 heterocycles. The van der Waals surface area contributed by atoms with Gasteiger partial charge in [-0.05, 0) is 12.8 Å². The third-order valence-electron chi connectivity index (χ3n) is 3.05. The summed E-state index contributed by atoms with van der Waals surface area (Å²) in [6, 6.07) is 2.12. The predicted molar refractivity (Wildman–Crippen MR) is 54.6 cm³/mol. The van der Waals surface area contributed by atoms with Crippen LogP contribution in [0.2, 0.25) is 0 Å². The standard InChI is InChI=1S/C11H16N2O2/c1-2-9(1)11-7-10(12-15-11)8-13-3-5-14-6-4-13/h7,9H,1-6,8H2. The molecule has 1 aliphatic heterocycles. The molecular formula is C11H16N2O2. The van der Waals surface area contributed by atoms with Crippen molar-refractivity contribution in [2.45, 2.75) is 25.3 Å². The van der Waals surface area contributed by atoms with Crippen LogP contribution in [0.3, 0.4) is 0 Å². The van der Waals surface area contributed by atoms with Gasteiger partial charge in [-0.25, -0.2) is 0 Å². The van der Waals surface area contributed by atoms with Crippen molar-refractivity contribution in [2.24, 2.45) is 0 Å². The van der Waals surface area contributed by atoms with Gasteiger partial charge < -0.3 is 9.26 Å². The fourth-order valence-electron chi connectivity index (χ4n) is 1.95. The fraction of sp³-hybridized carbons (Fsp3) is 0.727. The van der Waals surface area contributed by atoms with Crippen molar-refractivity contribution in [3.05, 3.63) is 17.5 Å². The van der Waals surface area contributed by atoms with Crippen molar-refractivity contribution >= 4 is 0 Å². The zero-order valence-corrected chi connectivity index (χ0v) is 8.82. The Kier molecular flexibility index (Phi) is 2.46. The third kappa shape index (κ3) is 2.21. The first kappa shape index (κ1) is 9.36. The van der Waals surface area contributed by atoms with Crippen LogP contribution in [0.1, 0.15) is 30.2 Å². The maximum atomic E-state index is 5.32. The highest BCUT2D eigenvalue weighted by molar-refractivity contribution is 5.14. The van der Waals surface area contributed by atoms with Gasteiger partial charge in [0.1, 0.15) is 5.76 Å². The van der Waals surface area contributed by atoms with E-state index in [1.165, 1.54) is 12.8 Å². The van der Waals surface area contributed by atoms with Crippen LogP contribution in [0.4, 0.5) is 0 Å². The van der Waals surface area contributed by atoms with Crippen molar-refractivity contribution in [1.82, 2.24) is 10.1 Å². The van der Waals surface area contributed by atoms with E-state index in [9.17, 15) is 0 Å². The predicted octanol–water partition coefficient (Wildman–Crippen LogP) is 1.38. The van der Waals surface area contributed by atoms with E-state index in [4.69, 9.17) is 9.26 Å². The normalized spacial score (nSPS) is 23.2. The summed E-state index contributed by atoms with van der Waals surface area (Å²) in [6.07, 6.45) is 2.54. The minimum Gasteiger partial charge on any atom is -0.379 e. The number of ether oxygens (including phenoxy) is 1. The van der Waals surface area contributed by atoms with E-state index in [2.05, 4.69) is 16.1 Å². The minimum atomic E-state index is 0.663. The Morgan fingerprint density at radius 3 is 2.87 bits per heavy atom. The first-order valence-corrected chi connectivity index (χ1v) is 5.67. The Labute approximate surface area is 89.2 Å². The van der Waals surface area contributed by atoms with Crippen LogP contribution in [0, 0.1) is 0 Å². The summed E-state index contributed by atoms with van der Waals surface area (Å²) in [7, 11) is 0. The van der Waals surface area contributed by atoms with Crippen molar-refractivity contribution in [2.75, 3.05) is 26.3 Å². The van der Waals surface area contributed by atoms with Gasteiger partial charge in [0, 0.05) is 31.6 Å². The lowest BCUT2D eigenvalue weighted by Crippen LogP contribution is -2.35. The Morgan fingerprint density at radius 2 is 2.13 bits per heavy atom. The fourth-order valence-corrected chi connectivity index (χ4v) is 1.95. The summed E-state index contributed by atoms with van der Waals surface area (Å²) in [5.41, 5.74) is 1.07. The molecule has 82 valence electrons. The Hall–Kier alpha value is -0.870. The summed E-state index contributed by atoms with van der Waals surface area (Å²) in [5.74, 6) is 1.74. The van der Waals surface area contributed by atoms with Gasteiger partial charge in [-0.15, -0.1) is 0 Å². The van der Waals surface area contributed by atoms with Gasteiger partial charge in [0.2, 0.25) is 0 Å². The average molecular weight is 208 g/mol. The van der Waals surface area contributed by atoms with Crippen LogP contribution in [-0.4, -0.2) is 36.4 Å². The van der Waals surface area contributed by atoms with Crippen molar-refractivity contribution in [1.29, 1.82) is 0 Å². The van der Waals surface area contributed by atoms with Crippen LogP contribution >= 0.6 is 0 Å². The summed E-state index contributed by atoms with van der Waals surface area (Å²) < 4.78 is 10.6. The molecule has 0 amide bonds. The van der Waals surface area contributed by atoms with Crippen LogP contribution in [-0.2, 0) is 11.3 Å². The van der Waals surface area contributed by atoms with Crippen molar-refractivity contribution in [3.8, 4) is 0 Å². The molecule has 0 aromatic carbocycles. The largest absolute Gasteiger partial charge is 0.379 e. The zero-order valence-electron chi connectivity index (χ0n) is 8.82. The van der Waals surface area contributed by atoms with Gasteiger partial charge in [0.25, 0.3) is 0 Å². The van der Waals surface area contributed by atoms with Crippen LogP contribution < -0.4 is 0 Å². The van der Waals surface area contributed by atoms with Crippen LogP contribution in [0.5, 0.6) is 0 Å². The summed E-state index contributed by atoms with van der Waals surface area (Å²) >= 11 is 0. The first-order valence-electron chi connectivity index (χ1n) is 5.67. The molecule has 4 nitrogen and oxygen atoms in total. The quantitative estimate of drug-likeness (QED) is 0.752. The van der Waals surface area contributed by atoms with E-state index in [-0.39, 0.29) is 0 Å². The van der Waals surface area contributed by atoms with E-state index in [0.29, 0.717) is 5.92 Å². The SMILES string of the molecule is c1c(CN2CCOCC2)noc1C1CC1. The molecule has 0 unspecified atom stereocenters. The molecule has 0 atom stereocenters. The van der Waals surface area contributed by atoms with Crippen LogP contribution in [0.15, 0.2) is 10.6 Å². The number of rotatable bonds is 3. The molecule has 0 spiro atoms. The molecule has 3 rings (SSSR count). The minimum absolute atomic E-state index is 0.663. The third-order valence-corrected chi connectivity index (χ3v) is 3.05. The number of hydrogen-bond donors (Lipinski definition) is 0. The van der Waals surface area contributed by atoms with E-state index in [1.54, 1.807) is 0 Å². The second-order valence-electron chi connectivity index (χ2n) is 4.38. The second kappa shape index (κ2) is 3.94. The first-order chi connectivity index (χ1) is 7.42. The van der Waals surface area contributed by atoms with Gasteiger partial charge in [-0.1, -0.05) is 5.16 Å². The summed E-state index contributed by atoms with van der Waals surface area (Å²) in [5, 5.41) is 4.11. The zero-order chi connectivity index (χ0) is 10.1. The number of nitrogens with zero attached hydrogens (tertiary/aromatic N) is 2. The highest BCUT2D eigenvalue weighted by Crippen LogP contribution is 2.40. The Balaban J connectivity index is 1.60. The topological polar surface area (TPSA) is 38.5 Å². The molecule has 0 bridgehead atoms. The van der Waals surface area contributed by atoms with Crippen molar-refractivity contribution < 1.29 is 9.26 Å². The maximum Gasteiger partial charge on any atom is 0.140 e. The second-order valence-corrected chi connectivity index (χ2v) is 4.38. The molecule has 0 N–H and O–H groups in total. The van der Waals surface area contributed by atoms with E-state index < -0.39 is 0 Å². The molecule has 1 aromatic rings. The van der Waals surface area contributed by atoms with E-state index in [0.717, 1.165) is 44.3 Å². The Morgan fingerprint density at radius 1 is 1.33 bits per heavy atom. The van der Waals surface area contributed by atoms with Crippen LogP contribution in [0.25, 0.3) is 0 Å². The highest BCUT2D eigenvalue weighted by atomic mass is 16.5. The van der Waals surface area contributed by atoms with Gasteiger partial charge in [-0.2, -0.15) is 0 Å².